The summed E-state index contributed by atoms with van der Waals surface area (Å²) in [6.07, 6.45) is 0. The monoisotopic (exact) mass is 272 g/mol. The zero-order chi connectivity index (χ0) is 14.7. The zero-order valence-electron chi connectivity index (χ0n) is 11.6. The number of hydrogen-bond donors (Lipinski definition) is 1. The van der Waals surface area contributed by atoms with Gasteiger partial charge in [0.25, 0.3) is 0 Å². The van der Waals surface area contributed by atoms with E-state index < -0.39 is 5.97 Å². The lowest BCUT2D eigenvalue weighted by Crippen LogP contribution is -2.05. The van der Waals surface area contributed by atoms with E-state index in [1.54, 1.807) is 31.2 Å². The SMILES string of the molecule is COC(=O)c1ccc(Oc2cc(N)ccc2C)nc1C. The van der Waals surface area contributed by atoms with Crippen LogP contribution in [0.1, 0.15) is 21.6 Å². The highest BCUT2D eigenvalue weighted by atomic mass is 16.5. The van der Waals surface area contributed by atoms with Crippen LogP contribution in [0, 0.1) is 13.8 Å². The van der Waals surface area contributed by atoms with Gasteiger partial charge in [0.15, 0.2) is 0 Å². The average molecular weight is 272 g/mol. The fourth-order valence-electron chi connectivity index (χ4n) is 1.76. The van der Waals surface area contributed by atoms with E-state index in [0.717, 1.165) is 5.56 Å². The van der Waals surface area contributed by atoms with Crippen molar-refractivity contribution in [1.82, 2.24) is 4.98 Å². The van der Waals surface area contributed by atoms with Gasteiger partial charge in [-0.1, -0.05) is 6.07 Å². The largest absolute Gasteiger partial charge is 0.465 e. The summed E-state index contributed by atoms with van der Waals surface area (Å²) in [5.41, 5.74) is 8.28. The highest BCUT2D eigenvalue weighted by Crippen LogP contribution is 2.26. The van der Waals surface area contributed by atoms with E-state index in [4.69, 9.17) is 10.5 Å². The molecule has 0 fully saturated rings. The Labute approximate surface area is 117 Å². The van der Waals surface area contributed by atoms with Gasteiger partial charge >= 0.3 is 5.97 Å². The number of aryl methyl sites for hydroxylation is 2. The molecule has 0 spiro atoms. The number of nitrogen functional groups attached to an aromatic ring is 1. The Kier molecular flexibility index (Phi) is 3.89. The van der Waals surface area contributed by atoms with Crippen LogP contribution in [0.15, 0.2) is 30.3 Å². The Morgan fingerprint density at radius 2 is 1.95 bits per heavy atom. The summed E-state index contributed by atoms with van der Waals surface area (Å²) in [7, 11) is 1.34. The number of rotatable bonds is 3. The van der Waals surface area contributed by atoms with Gasteiger partial charge in [0.05, 0.1) is 18.4 Å². The Hall–Kier alpha value is -2.56. The number of ether oxygens (including phenoxy) is 2. The zero-order valence-corrected chi connectivity index (χ0v) is 11.6. The van der Waals surface area contributed by atoms with Gasteiger partial charge in [-0.25, -0.2) is 9.78 Å². The van der Waals surface area contributed by atoms with Gasteiger partial charge in [-0.2, -0.15) is 0 Å². The molecule has 2 aromatic rings. The molecule has 1 aromatic heterocycles. The van der Waals surface area contributed by atoms with Crippen molar-refractivity contribution in [3.8, 4) is 11.6 Å². The molecule has 2 rings (SSSR count). The fourth-order valence-corrected chi connectivity index (χ4v) is 1.76. The molecule has 0 radical (unpaired) electrons. The number of nitrogens with two attached hydrogens (primary N) is 1. The topological polar surface area (TPSA) is 74.4 Å². The van der Waals surface area contributed by atoms with E-state index in [2.05, 4.69) is 9.72 Å². The molecule has 2 N–H and O–H groups in total. The minimum atomic E-state index is -0.415. The van der Waals surface area contributed by atoms with Crippen molar-refractivity contribution in [3.05, 3.63) is 47.2 Å². The number of hydrogen-bond acceptors (Lipinski definition) is 5. The molecule has 0 saturated carbocycles. The number of benzene rings is 1. The van der Waals surface area contributed by atoms with E-state index in [1.807, 2.05) is 13.0 Å². The summed E-state index contributed by atoms with van der Waals surface area (Å²) in [4.78, 5) is 15.7. The molecule has 0 amide bonds. The third-order valence-electron chi connectivity index (χ3n) is 2.89. The third-order valence-corrected chi connectivity index (χ3v) is 2.89. The summed E-state index contributed by atoms with van der Waals surface area (Å²) in [5, 5.41) is 0. The molecule has 5 nitrogen and oxygen atoms in total. The molecule has 0 saturated heterocycles. The first kappa shape index (κ1) is 13.9. The van der Waals surface area contributed by atoms with Crippen LogP contribution < -0.4 is 10.5 Å². The van der Waals surface area contributed by atoms with Gasteiger partial charge < -0.3 is 15.2 Å². The van der Waals surface area contributed by atoms with Gasteiger partial charge in [0, 0.05) is 17.8 Å². The third kappa shape index (κ3) is 2.88. The lowest BCUT2D eigenvalue weighted by molar-refractivity contribution is 0.0599. The van der Waals surface area contributed by atoms with Crippen molar-refractivity contribution >= 4 is 11.7 Å². The quantitative estimate of drug-likeness (QED) is 0.687. The van der Waals surface area contributed by atoms with Crippen LogP contribution in [0.25, 0.3) is 0 Å². The molecular weight excluding hydrogens is 256 g/mol. The highest BCUT2D eigenvalue weighted by Gasteiger charge is 2.12. The number of carbonyl (C=O) groups is 1. The second-order valence-corrected chi connectivity index (χ2v) is 4.40. The number of anilines is 1. The molecule has 0 unspecified atom stereocenters. The summed E-state index contributed by atoms with van der Waals surface area (Å²) in [6, 6.07) is 8.68. The molecule has 1 aromatic carbocycles. The maximum absolute atomic E-state index is 11.5. The number of carbonyl (C=O) groups excluding carboxylic acids is 1. The lowest BCUT2D eigenvalue weighted by atomic mass is 10.2. The first-order valence-electron chi connectivity index (χ1n) is 6.11. The summed E-state index contributed by atoms with van der Waals surface area (Å²) in [5.74, 6) is 0.633. The van der Waals surface area contributed by atoms with Crippen LogP contribution in [0.4, 0.5) is 5.69 Å². The van der Waals surface area contributed by atoms with Crippen LogP contribution in [-0.4, -0.2) is 18.1 Å². The fraction of sp³-hybridized carbons (Fsp3) is 0.200. The van der Waals surface area contributed by atoms with Crippen molar-refractivity contribution in [2.45, 2.75) is 13.8 Å². The minimum Gasteiger partial charge on any atom is -0.465 e. The second-order valence-electron chi connectivity index (χ2n) is 4.40. The lowest BCUT2D eigenvalue weighted by Gasteiger charge is -2.10. The normalized spacial score (nSPS) is 10.2. The Morgan fingerprint density at radius 3 is 2.60 bits per heavy atom. The maximum Gasteiger partial charge on any atom is 0.339 e. The van der Waals surface area contributed by atoms with Crippen molar-refractivity contribution in [1.29, 1.82) is 0 Å². The first-order valence-corrected chi connectivity index (χ1v) is 6.11. The van der Waals surface area contributed by atoms with E-state index in [9.17, 15) is 4.79 Å². The van der Waals surface area contributed by atoms with E-state index in [0.29, 0.717) is 28.6 Å². The van der Waals surface area contributed by atoms with E-state index in [1.165, 1.54) is 7.11 Å². The molecule has 0 atom stereocenters. The summed E-state index contributed by atoms with van der Waals surface area (Å²) in [6.45, 7) is 3.65. The molecule has 0 aliphatic carbocycles. The predicted molar refractivity (Wildman–Crippen MR) is 76.0 cm³/mol. The second kappa shape index (κ2) is 5.61. The van der Waals surface area contributed by atoms with E-state index >= 15 is 0 Å². The van der Waals surface area contributed by atoms with Crippen LogP contribution in [0.2, 0.25) is 0 Å². The van der Waals surface area contributed by atoms with Crippen molar-refractivity contribution in [3.63, 3.8) is 0 Å². The first-order chi connectivity index (χ1) is 9.51. The van der Waals surface area contributed by atoms with Crippen molar-refractivity contribution in [2.75, 3.05) is 12.8 Å². The average Bonchev–Trinajstić information content (AvgIpc) is 2.42. The number of esters is 1. The molecule has 0 aliphatic rings. The number of aromatic nitrogens is 1. The highest BCUT2D eigenvalue weighted by molar-refractivity contribution is 5.90. The number of nitrogens with zero attached hydrogens (tertiary/aromatic N) is 1. The molecule has 0 bridgehead atoms. The predicted octanol–water partition coefficient (Wildman–Crippen LogP) is 2.86. The van der Waals surface area contributed by atoms with Gasteiger partial charge in [0.2, 0.25) is 5.88 Å². The van der Waals surface area contributed by atoms with Crippen molar-refractivity contribution in [2.24, 2.45) is 0 Å². The van der Waals surface area contributed by atoms with Crippen molar-refractivity contribution < 1.29 is 14.3 Å². The van der Waals surface area contributed by atoms with Gasteiger partial charge in [-0.05, 0) is 31.5 Å². The molecule has 5 heteroatoms. The molecule has 104 valence electrons. The molecule has 1 heterocycles. The Morgan fingerprint density at radius 1 is 1.20 bits per heavy atom. The standard InChI is InChI=1S/C15H16N2O3/c1-9-4-5-11(16)8-13(9)20-14-7-6-12(10(2)17-14)15(18)19-3/h4-8H,16H2,1-3H3. The summed E-state index contributed by atoms with van der Waals surface area (Å²) < 4.78 is 10.4. The summed E-state index contributed by atoms with van der Waals surface area (Å²) >= 11 is 0. The van der Waals surface area contributed by atoms with Gasteiger partial charge in [0.1, 0.15) is 5.75 Å². The maximum atomic E-state index is 11.5. The molecule has 20 heavy (non-hydrogen) atoms. The molecular formula is C15H16N2O3. The molecule has 0 aliphatic heterocycles. The Bertz CT molecular complexity index is 654. The minimum absolute atomic E-state index is 0.406. The Balaban J connectivity index is 2.29. The van der Waals surface area contributed by atoms with Crippen LogP contribution in [0.3, 0.4) is 0 Å². The van der Waals surface area contributed by atoms with Crippen LogP contribution in [0.5, 0.6) is 11.6 Å². The van der Waals surface area contributed by atoms with E-state index in [-0.39, 0.29) is 0 Å². The number of methoxy groups -OCH3 is 1. The van der Waals surface area contributed by atoms with Gasteiger partial charge in [-0.15, -0.1) is 0 Å². The van der Waals surface area contributed by atoms with Crippen LogP contribution >= 0.6 is 0 Å². The number of pyridine rings is 1. The van der Waals surface area contributed by atoms with Crippen LogP contribution in [-0.2, 0) is 4.74 Å². The van der Waals surface area contributed by atoms with Gasteiger partial charge in [-0.3, -0.25) is 0 Å². The smallest absolute Gasteiger partial charge is 0.339 e.